The molecule has 2 rings (SSSR count). The quantitative estimate of drug-likeness (QED) is 0.506. The van der Waals surface area contributed by atoms with Gasteiger partial charge in [0.05, 0.1) is 11.5 Å². The third-order valence-electron chi connectivity index (χ3n) is 1.95. The van der Waals surface area contributed by atoms with Gasteiger partial charge in [-0.05, 0) is 6.07 Å². The predicted octanol–water partition coefficient (Wildman–Crippen LogP) is 0.0133. The Kier molecular flexibility index (Phi) is 2.81. The van der Waals surface area contributed by atoms with Gasteiger partial charge in [0.25, 0.3) is 5.69 Å². The molecular weight excluding hydrogens is 228 g/mol. The standard InChI is InChI=1S/C8H8N6O3/c15-8-11-7(12-13-8)4-10-6-2-1-5(3-9-6)14(16)17/h1-3H,4H2,(H,9,10)(H2,11,12,13,15). The number of pyridine rings is 1. The van der Waals surface area contributed by atoms with E-state index in [1.54, 1.807) is 0 Å². The van der Waals surface area contributed by atoms with Crippen LogP contribution in [0.1, 0.15) is 5.82 Å². The second kappa shape index (κ2) is 4.43. The summed E-state index contributed by atoms with van der Waals surface area (Å²) in [4.78, 5) is 26.9. The number of hydrogen-bond donors (Lipinski definition) is 3. The van der Waals surface area contributed by atoms with Gasteiger partial charge in [-0.25, -0.2) is 14.9 Å². The fourth-order valence-corrected chi connectivity index (χ4v) is 1.16. The third-order valence-corrected chi connectivity index (χ3v) is 1.95. The minimum Gasteiger partial charge on any atom is -0.363 e. The molecule has 88 valence electrons. The molecule has 0 bridgehead atoms. The summed E-state index contributed by atoms with van der Waals surface area (Å²) in [6.45, 7) is 0.267. The highest BCUT2D eigenvalue weighted by Gasteiger charge is 2.05. The van der Waals surface area contributed by atoms with Gasteiger partial charge >= 0.3 is 5.69 Å². The Hall–Kier alpha value is -2.71. The summed E-state index contributed by atoms with van der Waals surface area (Å²) in [7, 11) is 0. The van der Waals surface area contributed by atoms with Crippen molar-refractivity contribution in [1.29, 1.82) is 0 Å². The molecule has 0 radical (unpaired) electrons. The topological polar surface area (TPSA) is 130 Å². The Morgan fingerprint density at radius 3 is 2.82 bits per heavy atom. The van der Waals surface area contributed by atoms with Gasteiger partial charge in [-0.1, -0.05) is 0 Å². The lowest BCUT2D eigenvalue weighted by Gasteiger charge is -2.01. The number of nitrogens with one attached hydrogen (secondary N) is 3. The monoisotopic (exact) mass is 236 g/mol. The van der Waals surface area contributed by atoms with Crippen LogP contribution < -0.4 is 11.0 Å². The molecule has 0 aromatic carbocycles. The fraction of sp³-hybridized carbons (Fsp3) is 0.125. The van der Waals surface area contributed by atoms with Crippen LogP contribution in [0, 0.1) is 10.1 Å². The average molecular weight is 236 g/mol. The number of rotatable bonds is 4. The Balaban J connectivity index is 2.00. The van der Waals surface area contributed by atoms with Crippen molar-refractivity contribution in [3.8, 4) is 0 Å². The average Bonchev–Trinajstić information content (AvgIpc) is 2.73. The lowest BCUT2D eigenvalue weighted by atomic mass is 10.4. The van der Waals surface area contributed by atoms with Crippen LogP contribution in [0.2, 0.25) is 0 Å². The number of hydrogen-bond acceptors (Lipinski definition) is 6. The van der Waals surface area contributed by atoms with Gasteiger partial charge in [0.15, 0.2) is 0 Å². The zero-order valence-corrected chi connectivity index (χ0v) is 8.51. The van der Waals surface area contributed by atoms with E-state index < -0.39 is 10.6 Å². The Morgan fingerprint density at radius 2 is 2.29 bits per heavy atom. The highest BCUT2D eigenvalue weighted by Crippen LogP contribution is 2.11. The first-order chi connectivity index (χ1) is 8.15. The minimum atomic E-state index is -0.526. The molecule has 0 amide bonds. The van der Waals surface area contributed by atoms with Gasteiger partial charge in [-0.2, -0.15) is 5.10 Å². The van der Waals surface area contributed by atoms with E-state index in [4.69, 9.17) is 0 Å². The molecule has 0 saturated heterocycles. The Bertz CT molecular complexity index is 571. The van der Waals surface area contributed by atoms with Crippen LogP contribution in [0.3, 0.4) is 0 Å². The molecule has 0 atom stereocenters. The zero-order valence-electron chi connectivity index (χ0n) is 8.51. The van der Waals surface area contributed by atoms with Crippen molar-refractivity contribution in [2.24, 2.45) is 0 Å². The number of aromatic amines is 2. The van der Waals surface area contributed by atoms with E-state index in [0.717, 1.165) is 6.20 Å². The smallest absolute Gasteiger partial charge is 0.340 e. The van der Waals surface area contributed by atoms with Crippen LogP contribution >= 0.6 is 0 Å². The first-order valence-electron chi connectivity index (χ1n) is 4.63. The lowest BCUT2D eigenvalue weighted by molar-refractivity contribution is -0.385. The van der Waals surface area contributed by atoms with Gasteiger partial charge in [0.2, 0.25) is 0 Å². The van der Waals surface area contributed by atoms with Crippen LogP contribution in [-0.4, -0.2) is 25.1 Å². The number of nitro groups is 1. The summed E-state index contributed by atoms with van der Waals surface area (Å²) in [6.07, 6.45) is 1.15. The molecule has 0 aliphatic rings. The molecule has 17 heavy (non-hydrogen) atoms. The Morgan fingerprint density at radius 1 is 1.47 bits per heavy atom. The molecule has 2 heterocycles. The van der Waals surface area contributed by atoms with Crippen LogP contribution in [-0.2, 0) is 6.54 Å². The molecule has 9 heteroatoms. The van der Waals surface area contributed by atoms with E-state index in [2.05, 4.69) is 25.5 Å². The normalized spacial score (nSPS) is 10.1. The predicted molar refractivity (Wildman–Crippen MR) is 57.4 cm³/mol. The molecule has 2 aromatic heterocycles. The molecule has 0 aliphatic carbocycles. The lowest BCUT2D eigenvalue weighted by Crippen LogP contribution is -2.05. The molecule has 0 spiro atoms. The summed E-state index contributed by atoms with van der Waals surface area (Å²) >= 11 is 0. The maximum Gasteiger partial charge on any atom is 0.340 e. The second-order valence-electron chi connectivity index (χ2n) is 3.14. The first kappa shape index (κ1) is 10.8. The maximum atomic E-state index is 10.7. The van der Waals surface area contributed by atoms with Gasteiger partial charge in [0, 0.05) is 6.07 Å². The van der Waals surface area contributed by atoms with Crippen LogP contribution in [0.15, 0.2) is 23.1 Å². The molecule has 2 aromatic rings. The van der Waals surface area contributed by atoms with Crippen LogP contribution in [0.25, 0.3) is 0 Å². The van der Waals surface area contributed by atoms with E-state index in [1.807, 2.05) is 0 Å². The van der Waals surface area contributed by atoms with Crippen molar-refractivity contribution in [3.63, 3.8) is 0 Å². The maximum absolute atomic E-state index is 10.7. The SMILES string of the molecule is O=c1[nH]nc(CNc2ccc([N+](=O)[O-])cn2)[nH]1. The highest BCUT2D eigenvalue weighted by molar-refractivity contribution is 5.40. The second-order valence-corrected chi connectivity index (χ2v) is 3.14. The largest absolute Gasteiger partial charge is 0.363 e. The number of H-pyrrole nitrogens is 2. The van der Waals surface area contributed by atoms with Crippen molar-refractivity contribution in [2.45, 2.75) is 6.54 Å². The van der Waals surface area contributed by atoms with Gasteiger partial charge < -0.3 is 5.32 Å². The molecule has 0 fully saturated rings. The molecule has 0 aliphatic heterocycles. The molecule has 9 nitrogen and oxygen atoms in total. The summed E-state index contributed by atoms with van der Waals surface area (Å²) in [5.41, 5.74) is -0.470. The van der Waals surface area contributed by atoms with Gasteiger partial charge in [0.1, 0.15) is 17.8 Å². The van der Waals surface area contributed by atoms with E-state index in [-0.39, 0.29) is 12.2 Å². The number of aromatic nitrogens is 4. The number of anilines is 1. The molecule has 3 N–H and O–H groups in total. The zero-order chi connectivity index (χ0) is 12.3. The van der Waals surface area contributed by atoms with E-state index in [0.29, 0.717) is 11.6 Å². The van der Waals surface area contributed by atoms with Crippen molar-refractivity contribution in [3.05, 3.63) is 44.8 Å². The number of nitrogens with zero attached hydrogens (tertiary/aromatic N) is 3. The van der Waals surface area contributed by atoms with E-state index in [9.17, 15) is 14.9 Å². The summed E-state index contributed by atoms with van der Waals surface area (Å²) < 4.78 is 0. The van der Waals surface area contributed by atoms with Crippen molar-refractivity contribution in [2.75, 3.05) is 5.32 Å². The highest BCUT2D eigenvalue weighted by atomic mass is 16.6. The van der Waals surface area contributed by atoms with Crippen molar-refractivity contribution >= 4 is 11.5 Å². The molecular formula is C8H8N6O3. The summed E-state index contributed by atoms with van der Waals surface area (Å²) in [5.74, 6) is 0.884. The van der Waals surface area contributed by atoms with Crippen molar-refractivity contribution in [1.82, 2.24) is 20.2 Å². The van der Waals surface area contributed by atoms with Crippen molar-refractivity contribution < 1.29 is 4.92 Å². The van der Waals surface area contributed by atoms with E-state index >= 15 is 0 Å². The molecule has 0 saturated carbocycles. The first-order valence-corrected chi connectivity index (χ1v) is 4.63. The van der Waals surface area contributed by atoms with Gasteiger partial charge in [-0.3, -0.25) is 15.1 Å². The third kappa shape index (κ3) is 2.65. The van der Waals surface area contributed by atoms with Gasteiger partial charge in [-0.15, -0.1) is 0 Å². The minimum absolute atomic E-state index is 0.0799. The summed E-state index contributed by atoms with van der Waals surface area (Å²) in [5, 5.41) is 19.1. The van der Waals surface area contributed by atoms with Crippen LogP contribution in [0.4, 0.5) is 11.5 Å². The molecule has 0 unspecified atom stereocenters. The Labute approximate surface area is 94.1 Å². The van der Waals surface area contributed by atoms with E-state index in [1.165, 1.54) is 12.1 Å². The fourth-order valence-electron chi connectivity index (χ4n) is 1.16. The summed E-state index contributed by atoms with van der Waals surface area (Å²) in [6, 6.07) is 2.81. The van der Waals surface area contributed by atoms with Crippen LogP contribution in [0.5, 0.6) is 0 Å².